The van der Waals surface area contributed by atoms with Crippen LogP contribution >= 0.6 is 24.0 Å². The number of amides is 1. The number of likely N-dealkylation sites (N-methyl/N-ethyl adjacent to an activating group) is 1. The highest BCUT2D eigenvalue weighted by Gasteiger charge is 2.28. The standard InChI is InChI=1S/C20H32N4O.HI/c1-6-14-21-19(22-15-18(25)24(4)5)23-16-20(7-2,8-3)17-12-10-9-11-13-17;/h6,9-13H,1,7-8,14-16H2,2-5H3,(H2,21,22,23);1H. The summed E-state index contributed by atoms with van der Waals surface area (Å²) in [6.07, 6.45) is 3.81. The third kappa shape index (κ3) is 7.35. The number of carbonyl (C=O) groups is 1. The smallest absolute Gasteiger partial charge is 0.243 e. The molecule has 0 aliphatic carbocycles. The molecule has 146 valence electrons. The Kier molecular flexibility index (Phi) is 12.0. The minimum absolute atomic E-state index is 0. The molecule has 0 heterocycles. The van der Waals surface area contributed by atoms with Crippen molar-refractivity contribution in [2.75, 3.05) is 33.7 Å². The average molecular weight is 472 g/mol. The molecule has 5 nitrogen and oxygen atoms in total. The third-order valence-corrected chi connectivity index (χ3v) is 4.62. The van der Waals surface area contributed by atoms with Crippen molar-refractivity contribution in [1.29, 1.82) is 0 Å². The number of guanidine groups is 1. The predicted molar refractivity (Wildman–Crippen MR) is 121 cm³/mol. The predicted octanol–water partition coefficient (Wildman–Crippen LogP) is 3.17. The van der Waals surface area contributed by atoms with Crippen molar-refractivity contribution in [2.45, 2.75) is 32.1 Å². The van der Waals surface area contributed by atoms with Crippen LogP contribution in [-0.4, -0.2) is 50.5 Å². The van der Waals surface area contributed by atoms with E-state index < -0.39 is 0 Å². The molecule has 0 unspecified atom stereocenters. The molecule has 0 spiro atoms. The van der Waals surface area contributed by atoms with E-state index in [0.29, 0.717) is 12.5 Å². The summed E-state index contributed by atoms with van der Waals surface area (Å²) in [5.74, 6) is 0.609. The van der Waals surface area contributed by atoms with Crippen LogP contribution in [0.2, 0.25) is 0 Å². The van der Waals surface area contributed by atoms with E-state index in [-0.39, 0.29) is 41.8 Å². The number of benzene rings is 1. The van der Waals surface area contributed by atoms with Gasteiger partial charge in [-0.15, -0.1) is 30.6 Å². The van der Waals surface area contributed by atoms with E-state index in [1.165, 1.54) is 5.56 Å². The van der Waals surface area contributed by atoms with Gasteiger partial charge >= 0.3 is 0 Å². The highest BCUT2D eigenvalue weighted by molar-refractivity contribution is 14.0. The summed E-state index contributed by atoms with van der Waals surface area (Å²) in [4.78, 5) is 17.7. The van der Waals surface area contributed by atoms with Crippen LogP contribution in [0, 0.1) is 0 Å². The van der Waals surface area contributed by atoms with Crippen LogP contribution in [0.3, 0.4) is 0 Å². The van der Waals surface area contributed by atoms with Crippen molar-refractivity contribution in [2.24, 2.45) is 4.99 Å². The maximum atomic E-state index is 11.8. The van der Waals surface area contributed by atoms with Crippen LogP contribution in [0.5, 0.6) is 0 Å². The molecule has 0 fully saturated rings. The summed E-state index contributed by atoms with van der Waals surface area (Å²) in [7, 11) is 3.47. The Morgan fingerprint density at radius 1 is 1.19 bits per heavy atom. The molecule has 0 aliphatic rings. The minimum atomic E-state index is -0.0278. The van der Waals surface area contributed by atoms with E-state index in [1.807, 2.05) is 6.07 Å². The maximum absolute atomic E-state index is 11.8. The first kappa shape index (κ1) is 24.4. The third-order valence-electron chi connectivity index (χ3n) is 4.62. The number of rotatable bonds is 9. The second-order valence-electron chi connectivity index (χ2n) is 6.33. The van der Waals surface area contributed by atoms with Gasteiger partial charge in [0.2, 0.25) is 5.91 Å². The first-order valence-corrected chi connectivity index (χ1v) is 8.87. The zero-order chi connectivity index (χ0) is 18.7. The van der Waals surface area contributed by atoms with Crippen molar-refractivity contribution in [3.05, 3.63) is 48.6 Å². The van der Waals surface area contributed by atoms with Crippen molar-refractivity contribution >= 4 is 35.8 Å². The van der Waals surface area contributed by atoms with Gasteiger partial charge < -0.3 is 15.5 Å². The zero-order valence-corrected chi connectivity index (χ0v) is 18.7. The van der Waals surface area contributed by atoms with Gasteiger partial charge in [-0.3, -0.25) is 4.79 Å². The fourth-order valence-corrected chi connectivity index (χ4v) is 2.69. The lowest BCUT2D eigenvalue weighted by Crippen LogP contribution is -2.45. The first-order chi connectivity index (χ1) is 12.0. The molecule has 6 heteroatoms. The summed E-state index contributed by atoms with van der Waals surface area (Å²) in [6, 6.07) is 10.6. The summed E-state index contributed by atoms with van der Waals surface area (Å²) < 4.78 is 0. The molecule has 26 heavy (non-hydrogen) atoms. The summed E-state index contributed by atoms with van der Waals surface area (Å²) in [5, 5.41) is 6.60. The van der Waals surface area contributed by atoms with Crippen LogP contribution in [0.1, 0.15) is 32.3 Å². The quantitative estimate of drug-likeness (QED) is 0.251. The lowest BCUT2D eigenvalue weighted by atomic mass is 9.76. The molecule has 0 radical (unpaired) electrons. The average Bonchev–Trinajstić information content (AvgIpc) is 2.64. The van der Waals surface area contributed by atoms with E-state index in [1.54, 1.807) is 25.1 Å². The molecular formula is C20H33IN4O. The highest BCUT2D eigenvalue weighted by Crippen LogP contribution is 2.30. The van der Waals surface area contributed by atoms with Crippen LogP contribution < -0.4 is 10.6 Å². The Bertz CT molecular complexity index is 568. The fourth-order valence-electron chi connectivity index (χ4n) is 2.69. The maximum Gasteiger partial charge on any atom is 0.243 e. The van der Waals surface area contributed by atoms with Gasteiger partial charge in [0.1, 0.15) is 6.54 Å². The fraction of sp³-hybridized carbons (Fsp3) is 0.500. The van der Waals surface area contributed by atoms with Gasteiger partial charge in [-0.05, 0) is 18.4 Å². The zero-order valence-electron chi connectivity index (χ0n) is 16.4. The van der Waals surface area contributed by atoms with E-state index >= 15 is 0 Å². The lowest BCUT2D eigenvalue weighted by Gasteiger charge is -2.33. The second-order valence-corrected chi connectivity index (χ2v) is 6.33. The first-order valence-electron chi connectivity index (χ1n) is 8.87. The number of halogens is 1. The number of hydrogen-bond donors (Lipinski definition) is 2. The molecule has 0 saturated carbocycles. The van der Waals surface area contributed by atoms with Gasteiger partial charge in [-0.2, -0.15) is 0 Å². The van der Waals surface area contributed by atoms with Crippen LogP contribution in [-0.2, 0) is 10.2 Å². The highest BCUT2D eigenvalue weighted by atomic mass is 127. The molecule has 1 aromatic rings. The van der Waals surface area contributed by atoms with E-state index in [9.17, 15) is 4.79 Å². The topological polar surface area (TPSA) is 56.7 Å². The van der Waals surface area contributed by atoms with E-state index in [4.69, 9.17) is 0 Å². The van der Waals surface area contributed by atoms with Crippen LogP contribution in [0.15, 0.2) is 48.0 Å². The molecule has 0 aromatic heterocycles. The molecule has 1 aromatic carbocycles. The summed E-state index contributed by atoms with van der Waals surface area (Å²) in [5.41, 5.74) is 1.35. The number of nitrogens with zero attached hydrogens (tertiary/aromatic N) is 2. The summed E-state index contributed by atoms with van der Waals surface area (Å²) in [6.45, 7) is 9.61. The van der Waals surface area contributed by atoms with E-state index in [0.717, 1.165) is 19.4 Å². The Morgan fingerprint density at radius 3 is 2.31 bits per heavy atom. The monoisotopic (exact) mass is 472 g/mol. The van der Waals surface area contributed by atoms with Crippen molar-refractivity contribution in [1.82, 2.24) is 15.5 Å². The van der Waals surface area contributed by atoms with Crippen LogP contribution in [0.25, 0.3) is 0 Å². The molecule has 0 saturated heterocycles. The minimum Gasteiger partial charge on any atom is -0.355 e. The number of nitrogens with one attached hydrogen (secondary N) is 2. The van der Waals surface area contributed by atoms with Crippen molar-refractivity contribution < 1.29 is 4.79 Å². The lowest BCUT2D eigenvalue weighted by molar-refractivity contribution is -0.127. The Morgan fingerprint density at radius 2 is 1.81 bits per heavy atom. The molecular weight excluding hydrogens is 439 g/mol. The number of carbonyl (C=O) groups excluding carboxylic acids is 1. The van der Waals surface area contributed by atoms with Crippen LogP contribution in [0.4, 0.5) is 0 Å². The van der Waals surface area contributed by atoms with Crippen molar-refractivity contribution in [3.63, 3.8) is 0 Å². The van der Waals surface area contributed by atoms with Gasteiger partial charge in [-0.1, -0.05) is 50.3 Å². The van der Waals surface area contributed by atoms with Gasteiger partial charge in [0, 0.05) is 32.6 Å². The number of aliphatic imine (C=N–C) groups is 1. The number of hydrogen-bond acceptors (Lipinski definition) is 2. The van der Waals surface area contributed by atoms with Gasteiger partial charge in [-0.25, -0.2) is 4.99 Å². The SMILES string of the molecule is C=CCNC(=NCC(=O)N(C)C)NCC(CC)(CC)c1ccccc1.I. The Labute approximate surface area is 175 Å². The summed E-state index contributed by atoms with van der Waals surface area (Å²) >= 11 is 0. The van der Waals surface area contributed by atoms with Crippen molar-refractivity contribution in [3.8, 4) is 0 Å². The molecule has 0 aliphatic heterocycles. The molecule has 1 rings (SSSR count). The van der Waals surface area contributed by atoms with Gasteiger partial charge in [0.25, 0.3) is 0 Å². The molecule has 1 amide bonds. The van der Waals surface area contributed by atoms with Gasteiger partial charge in [0.05, 0.1) is 0 Å². The Hall–Kier alpha value is -1.57. The molecule has 2 N–H and O–H groups in total. The largest absolute Gasteiger partial charge is 0.355 e. The van der Waals surface area contributed by atoms with Gasteiger partial charge in [0.15, 0.2) is 5.96 Å². The van der Waals surface area contributed by atoms with E-state index in [2.05, 4.69) is 60.3 Å². The second kappa shape index (κ2) is 12.7. The molecule has 0 atom stereocenters. The normalized spacial score (nSPS) is 11.3. The Balaban J connectivity index is 0.00000625. The molecule has 0 bridgehead atoms.